The van der Waals surface area contributed by atoms with Crippen LogP contribution in [0.5, 0.6) is 11.5 Å². The Bertz CT molecular complexity index is 1070. The van der Waals surface area contributed by atoms with Crippen LogP contribution in [0, 0.1) is 0 Å². The van der Waals surface area contributed by atoms with E-state index in [1.165, 1.54) is 12.1 Å². The van der Waals surface area contributed by atoms with E-state index >= 15 is 0 Å². The molecule has 15 heteroatoms. The van der Waals surface area contributed by atoms with Gasteiger partial charge in [-0.1, -0.05) is 31.7 Å². The van der Waals surface area contributed by atoms with Gasteiger partial charge in [0.25, 0.3) is 0 Å². The largest absolute Gasteiger partial charge is 0.508 e. The molecule has 15 nitrogen and oxygen atoms in total. The maximum atomic E-state index is 12.5. The van der Waals surface area contributed by atoms with Crippen LogP contribution in [-0.2, 0) is 25.6 Å². The lowest BCUT2D eigenvalue weighted by atomic mass is 10.1. The molecule has 1 rings (SSSR count). The van der Waals surface area contributed by atoms with Gasteiger partial charge >= 0.3 is 6.03 Å². The lowest BCUT2D eigenvalue weighted by molar-refractivity contribution is -0.131. The predicted octanol–water partition coefficient (Wildman–Crippen LogP) is -0.281. The molecule has 0 aliphatic carbocycles. The van der Waals surface area contributed by atoms with Crippen LogP contribution >= 0.6 is 0 Å². The number of phenols is 2. The predicted molar refractivity (Wildman–Crippen MR) is 170 cm³/mol. The third kappa shape index (κ3) is 19.7. The highest BCUT2D eigenvalue weighted by Gasteiger charge is 2.23. The maximum absolute atomic E-state index is 12.5. The number of rotatable bonds is 25. The van der Waals surface area contributed by atoms with Crippen molar-refractivity contribution in [2.75, 3.05) is 32.7 Å². The van der Waals surface area contributed by atoms with E-state index in [1.807, 2.05) is 0 Å². The molecular formula is C30H52N8O7. The summed E-state index contributed by atoms with van der Waals surface area (Å²) in [4.78, 5) is 58.9. The molecule has 0 fully saturated rings. The Morgan fingerprint density at radius 1 is 0.711 bits per heavy atom. The Morgan fingerprint density at radius 3 is 1.87 bits per heavy atom. The third-order valence-electron chi connectivity index (χ3n) is 6.96. The van der Waals surface area contributed by atoms with Gasteiger partial charge in [-0.15, -0.1) is 0 Å². The van der Waals surface area contributed by atoms with E-state index in [0.29, 0.717) is 32.5 Å². The van der Waals surface area contributed by atoms with Crippen LogP contribution in [-0.4, -0.2) is 84.7 Å². The van der Waals surface area contributed by atoms with Gasteiger partial charge in [0, 0.05) is 31.3 Å². The Hall–Kier alpha value is -4.11. The van der Waals surface area contributed by atoms with Crippen molar-refractivity contribution in [1.82, 2.24) is 26.6 Å². The highest BCUT2D eigenvalue weighted by molar-refractivity contribution is 5.92. The number of hydrogen-bond acceptors (Lipinski definition) is 9. The van der Waals surface area contributed by atoms with Crippen LogP contribution in [0.3, 0.4) is 0 Å². The zero-order valence-corrected chi connectivity index (χ0v) is 26.1. The summed E-state index contributed by atoms with van der Waals surface area (Å²) in [5.41, 5.74) is 16.4. The summed E-state index contributed by atoms with van der Waals surface area (Å²) in [5.74, 6) is -2.38. The van der Waals surface area contributed by atoms with E-state index in [4.69, 9.17) is 17.2 Å². The first kappa shape index (κ1) is 38.9. The Kier molecular flexibility index (Phi) is 20.1. The zero-order chi connectivity index (χ0) is 33.5. The molecule has 0 spiro atoms. The molecule has 0 unspecified atom stereocenters. The summed E-state index contributed by atoms with van der Waals surface area (Å²) in [5, 5.41) is 33.2. The van der Waals surface area contributed by atoms with Gasteiger partial charge in [0.05, 0.1) is 18.9 Å². The van der Waals surface area contributed by atoms with Gasteiger partial charge in [-0.25, -0.2) is 4.79 Å². The molecular weight excluding hydrogens is 584 g/mol. The Balaban J connectivity index is 2.05. The highest BCUT2D eigenvalue weighted by atomic mass is 16.3. The second-order valence-electron chi connectivity index (χ2n) is 11.0. The molecule has 0 saturated heterocycles. The van der Waals surface area contributed by atoms with E-state index in [-0.39, 0.29) is 35.8 Å². The minimum Gasteiger partial charge on any atom is -0.508 e. The molecule has 0 aliphatic heterocycles. The van der Waals surface area contributed by atoms with Crippen molar-refractivity contribution in [2.45, 2.75) is 89.1 Å². The SMILES string of the molecule is NC(=O)C[C@H](NC(=O)Cc1ccc(O)cc1O)C(=O)NCCCCCNCCCCCCCNC(=O)[C@@H](N)CCCNC(N)=O. The Morgan fingerprint density at radius 2 is 1.27 bits per heavy atom. The van der Waals surface area contributed by atoms with E-state index in [0.717, 1.165) is 70.5 Å². The van der Waals surface area contributed by atoms with Crippen molar-refractivity contribution in [3.8, 4) is 11.5 Å². The van der Waals surface area contributed by atoms with Crippen LogP contribution in [0.25, 0.3) is 0 Å². The second-order valence-corrected chi connectivity index (χ2v) is 11.0. The standard InChI is InChI=1S/C30H52N8O7/c31-23(10-9-17-37-30(33)45)28(43)35-15-7-3-1-2-5-13-34-14-6-4-8-16-36-29(44)24(20-26(32)41)38-27(42)18-21-11-12-22(39)19-25(21)40/h11-12,19,23-24,34,39-40H,1-10,13-18,20,31H2,(H2,32,41)(H,35,43)(H,36,44)(H,38,42)(H3,33,37,45)/t23-,24-/m0/s1. The minimum atomic E-state index is -1.12. The average molecular weight is 637 g/mol. The van der Waals surface area contributed by atoms with Crippen molar-refractivity contribution in [3.63, 3.8) is 0 Å². The second kappa shape index (κ2) is 23.3. The van der Waals surface area contributed by atoms with E-state index in [1.54, 1.807) is 0 Å². The topological polar surface area (TPSA) is 264 Å². The number of nitrogens with one attached hydrogen (secondary N) is 5. The smallest absolute Gasteiger partial charge is 0.312 e. The fourth-order valence-electron chi connectivity index (χ4n) is 4.45. The molecule has 45 heavy (non-hydrogen) atoms. The summed E-state index contributed by atoms with van der Waals surface area (Å²) < 4.78 is 0. The first-order valence-electron chi connectivity index (χ1n) is 15.6. The van der Waals surface area contributed by atoms with E-state index in [9.17, 15) is 34.2 Å². The number of aromatic hydroxyl groups is 2. The van der Waals surface area contributed by atoms with Crippen molar-refractivity contribution in [1.29, 1.82) is 0 Å². The number of carbonyl (C=O) groups excluding carboxylic acids is 5. The number of phenolic OH excluding ortho intramolecular Hbond substituents is 2. The quantitative estimate of drug-likeness (QED) is 0.0632. The molecule has 0 aromatic heterocycles. The first-order valence-corrected chi connectivity index (χ1v) is 15.6. The first-order chi connectivity index (χ1) is 21.5. The maximum Gasteiger partial charge on any atom is 0.312 e. The van der Waals surface area contributed by atoms with Gasteiger partial charge < -0.3 is 54.0 Å². The molecule has 0 radical (unpaired) electrons. The number of primary amides is 2. The van der Waals surface area contributed by atoms with Gasteiger partial charge in [-0.05, 0) is 57.7 Å². The average Bonchev–Trinajstić information content (AvgIpc) is 2.97. The number of hydrogen-bond donors (Lipinski definition) is 10. The van der Waals surface area contributed by atoms with Crippen LogP contribution in [0.15, 0.2) is 18.2 Å². The molecule has 0 saturated carbocycles. The minimum absolute atomic E-state index is 0.143. The van der Waals surface area contributed by atoms with Gasteiger partial charge in [0.2, 0.25) is 23.6 Å². The number of amides is 6. The molecule has 13 N–H and O–H groups in total. The molecule has 6 amide bonds. The third-order valence-corrected chi connectivity index (χ3v) is 6.96. The van der Waals surface area contributed by atoms with Crippen molar-refractivity contribution >= 4 is 29.7 Å². The highest BCUT2D eigenvalue weighted by Crippen LogP contribution is 2.22. The molecule has 0 aliphatic rings. The van der Waals surface area contributed by atoms with E-state index in [2.05, 4.69) is 26.6 Å². The summed E-state index contributed by atoms with van der Waals surface area (Å²) in [7, 11) is 0. The molecule has 1 aromatic rings. The fraction of sp³-hybridized carbons (Fsp3) is 0.633. The van der Waals surface area contributed by atoms with Gasteiger partial charge in [-0.2, -0.15) is 0 Å². The van der Waals surface area contributed by atoms with Crippen LogP contribution in [0.2, 0.25) is 0 Å². The molecule has 0 heterocycles. The molecule has 254 valence electrons. The van der Waals surface area contributed by atoms with Crippen LogP contribution in [0.4, 0.5) is 4.79 Å². The fourth-order valence-corrected chi connectivity index (χ4v) is 4.45. The monoisotopic (exact) mass is 636 g/mol. The molecule has 0 bridgehead atoms. The van der Waals surface area contributed by atoms with Crippen LogP contribution < -0.4 is 43.8 Å². The lowest BCUT2D eigenvalue weighted by Gasteiger charge is -2.17. The summed E-state index contributed by atoms with van der Waals surface area (Å²) in [6, 6.07) is 1.53. The zero-order valence-electron chi connectivity index (χ0n) is 26.1. The molecule has 2 atom stereocenters. The van der Waals surface area contributed by atoms with Crippen LogP contribution in [0.1, 0.15) is 76.2 Å². The normalized spacial score (nSPS) is 12.1. The number of nitrogens with two attached hydrogens (primary N) is 3. The summed E-state index contributed by atoms with van der Waals surface area (Å²) in [6.07, 6.45) is 8.20. The van der Waals surface area contributed by atoms with Gasteiger partial charge in [0.15, 0.2) is 0 Å². The Labute approximate surface area is 264 Å². The van der Waals surface area contributed by atoms with Crippen molar-refractivity contribution < 1.29 is 34.2 Å². The number of benzene rings is 1. The summed E-state index contributed by atoms with van der Waals surface area (Å²) in [6.45, 7) is 3.17. The summed E-state index contributed by atoms with van der Waals surface area (Å²) >= 11 is 0. The molecule has 1 aromatic carbocycles. The number of carbonyl (C=O) groups is 5. The lowest BCUT2D eigenvalue weighted by Crippen LogP contribution is -2.49. The van der Waals surface area contributed by atoms with Crippen molar-refractivity contribution in [2.24, 2.45) is 17.2 Å². The van der Waals surface area contributed by atoms with E-state index < -0.39 is 35.8 Å². The van der Waals surface area contributed by atoms with Gasteiger partial charge in [0.1, 0.15) is 17.5 Å². The number of urea groups is 1. The number of unbranched alkanes of at least 4 members (excludes halogenated alkanes) is 6. The van der Waals surface area contributed by atoms with Gasteiger partial charge in [-0.3, -0.25) is 19.2 Å². The van der Waals surface area contributed by atoms with Crippen molar-refractivity contribution in [3.05, 3.63) is 23.8 Å².